The topological polar surface area (TPSA) is 77.8 Å². The predicted octanol–water partition coefficient (Wildman–Crippen LogP) is -0.286. The molecule has 0 aliphatic carbocycles. The Balaban J connectivity index is 2.53. The first kappa shape index (κ1) is 11.7. The highest BCUT2D eigenvalue weighted by atomic mass is 16.4. The molecule has 1 fully saturated rings. The number of carboxylic acid groups (broad SMARTS) is 1. The summed E-state index contributed by atoms with van der Waals surface area (Å²) in [6, 6.07) is 0. The van der Waals surface area contributed by atoms with Crippen LogP contribution in [0.15, 0.2) is 12.2 Å². The van der Waals surface area contributed by atoms with Crippen molar-refractivity contribution in [2.75, 3.05) is 19.7 Å². The van der Waals surface area contributed by atoms with E-state index < -0.39 is 5.97 Å². The Bertz CT molecular complexity index is 287. The van der Waals surface area contributed by atoms with Gasteiger partial charge in [0, 0.05) is 37.8 Å². The van der Waals surface area contributed by atoms with Crippen LogP contribution >= 0.6 is 0 Å². The third-order valence-electron chi connectivity index (χ3n) is 2.68. The summed E-state index contributed by atoms with van der Waals surface area (Å²) >= 11 is 0. The molecule has 1 saturated heterocycles. The summed E-state index contributed by atoms with van der Waals surface area (Å²) in [6.45, 7) is 3.11. The molecule has 5 heteroatoms. The molecule has 0 aromatic carbocycles. The Morgan fingerprint density at radius 2 is 2.07 bits per heavy atom. The van der Waals surface area contributed by atoms with Crippen LogP contribution in [0.3, 0.4) is 0 Å². The monoisotopic (exact) mass is 213 g/mol. The van der Waals surface area contributed by atoms with Crippen LogP contribution in [0.25, 0.3) is 0 Å². The van der Waals surface area contributed by atoms with Crippen molar-refractivity contribution in [1.82, 2.24) is 4.90 Å². The number of aliphatic carboxylic acids is 1. The molecule has 0 bridgehead atoms. The van der Waals surface area contributed by atoms with Crippen molar-refractivity contribution in [1.29, 1.82) is 0 Å². The van der Waals surface area contributed by atoms with E-state index in [1.807, 2.05) is 6.92 Å². The lowest BCUT2D eigenvalue weighted by molar-refractivity contribution is -0.132. The Morgan fingerprint density at radius 3 is 2.53 bits per heavy atom. The second-order valence-corrected chi connectivity index (χ2v) is 3.83. The molecule has 2 atom stereocenters. The minimum atomic E-state index is -1.13. The first-order chi connectivity index (χ1) is 7.04. The number of amides is 1. The molecule has 1 heterocycles. The molecule has 1 aliphatic rings. The van der Waals surface area contributed by atoms with Gasteiger partial charge < -0.3 is 15.1 Å². The van der Waals surface area contributed by atoms with Crippen molar-refractivity contribution in [3.8, 4) is 0 Å². The number of nitrogens with zero attached hydrogens (tertiary/aromatic N) is 1. The van der Waals surface area contributed by atoms with E-state index in [9.17, 15) is 9.59 Å². The van der Waals surface area contributed by atoms with E-state index in [2.05, 4.69) is 0 Å². The summed E-state index contributed by atoms with van der Waals surface area (Å²) in [5.74, 6) is -1.07. The van der Waals surface area contributed by atoms with Gasteiger partial charge in [-0.2, -0.15) is 0 Å². The van der Waals surface area contributed by atoms with Crippen LogP contribution in [-0.4, -0.2) is 46.7 Å². The van der Waals surface area contributed by atoms with Gasteiger partial charge in [-0.05, 0) is 5.92 Å². The fourth-order valence-electron chi connectivity index (χ4n) is 1.70. The second-order valence-electron chi connectivity index (χ2n) is 3.83. The number of carboxylic acids is 1. The van der Waals surface area contributed by atoms with Crippen molar-refractivity contribution in [3.05, 3.63) is 12.2 Å². The number of carbonyl (C=O) groups excluding carboxylic acids is 1. The fourth-order valence-corrected chi connectivity index (χ4v) is 1.70. The van der Waals surface area contributed by atoms with Crippen molar-refractivity contribution in [3.63, 3.8) is 0 Å². The van der Waals surface area contributed by atoms with Gasteiger partial charge in [-0.15, -0.1) is 0 Å². The molecule has 0 aromatic rings. The molecule has 0 unspecified atom stereocenters. The maximum atomic E-state index is 11.5. The summed E-state index contributed by atoms with van der Waals surface area (Å²) in [6.07, 6.45) is 1.88. The molecule has 0 saturated carbocycles. The zero-order valence-electron chi connectivity index (χ0n) is 8.59. The van der Waals surface area contributed by atoms with Gasteiger partial charge in [-0.3, -0.25) is 4.79 Å². The highest BCUT2D eigenvalue weighted by molar-refractivity contribution is 5.94. The van der Waals surface area contributed by atoms with Crippen LogP contribution in [0.1, 0.15) is 6.92 Å². The van der Waals surface area contributed by atoms with Gasteiger partial charge in [0.25, 0.3) is 0 Å². The SMILES string of the molecule is C[C@H]1CN(C(=O)/C=C/C(=O)O)C[C@@H]1CO. The molecule has 1 amide bonds. The summed E-state index contributed by atoms with van der Waals surface area (Å²) in [7, 11) is 0. The van der Waals surface area contributed by atoms with Crippen LogP contribution in [0.2, 0.25) is 0 Å². The van der Waals surface area contributed by atoms with Gasteiger partial charge in [0.05, 0.1) is 0 Å². The van der Waals surface area contributed by atoms with Crippen LogP contribution in [-0.2, 0) is 9.59 Å². The average Bonchev–Trinajstić information content (AvgIpc) is 2.56. The van der Waals surface area contributed by atoms with Crippen molar-refractivity contribution in [2.45, 2.75) is 6.92 Å². The van der Waals surface area contributed by atoms with E-state index >= 15 is 0 Å². The van der Waals surface area contributed by atoms with Crippen LogP contribution in [0, 0.1) is 11.8 Å². The van der Waals surface area contributed by atoms with Crippen molar-refractivity contribution >= 4 is 11.9 Å². The zero-order valence-corrected chi connectivity index (χ0v) is 8.59. The lowest BCUT2D eigenvalue weighted by atomic mass is 10.00. The fraction of sp³-hybridized carbons (Fsp3) is 0.600. The molecule has 5 nitrogen and oxygen atoms in total. The lowest BCUT2D eigenvalue weighted by Crippen LogP contribution is -2.27. The quantitative estimate of drug-likeness (QED) is 0.632. The Morgan fingerprint density at radius 1 is 1.40 bits per heavy atom. The van der Waals surface area contributed by atoms with Crippen molar-refractivity contribution < 1.29 is 19.8 Å². The summed E-state index contributed by atoms with van der Waals surface area (Å²) in [4.78, 5) is 23.2. The highest BCUT2D eigenvalue weighted by Gasteiger charge is 2.30. The Kier molecular flexibility index (Phi) is 3.85. The molecule has 1 rings (SSSR count). The lowest BCUT2D eigenvalue weighted by Gasteiger charge is -2.12. The number of likely N-dealkylation sites (tertiary alicyclic amines) is 1. The Labute approximate surface area is 88.0 Å². The van der Waals surface area contributed by atoms with E-state index in [1.165, 1.54) is 0 Å². The molecule has 0 aromatic heterocycles. The van der Waals surface area contributed by atoms with Gasteiger partial charge >= 0.3 is 5.97 Å². The summed E-state index contributed by atoms with van der Waals surface area (Å²) < 4.78 is 0. The molecule has 0 radical (unpaired) electrons. The normalized spacial score (nSPS) is 26.1. The smallest absolute Gasteiger partial charge is 0.328 e. The highest BCUT2D eigenvalue weighted by Crippen LogP contribution is 2.22. The predicted molar refractivity (Wildman–Crippen MR) is 53.1 cm³/mol. The number of aliphatic hydroxyl groups is 1. The molecule has 15 heavy (non-hydrogen) atoms. The van der Waals surface area contributed by atoms with E-state index in [0.29, 0.717) is 13.1 Å². The van der Waals surface area contributed by atoms with E-state index in [1.54, 1.807) is 4.90 Å². The number of hydrogen-bond donors (Lipinski definition) is 2. The average molecular weight is 213 g/mol. The van der Waals surface area contributed by atoms with E-state index in [4.69, 9.17) is 10.2 Å². The molecule has 1 aliphatic heterocycles. The third kappa shape index (κ3) is 3.06. The first-order valence-electron chi connectivity index (χ1n) is 4.85. The van der Waals surface area contributed by atoms with Gasteiger partial charge in [0.15, 0.2) is 0 Å². The van der Waals surface area contributed by atoms with Crippen LogP contribution < -0.4 is 0 Å². The van der Waals surface area contributed by atoms with Gasteiger partial charge in [0.2, 0.25) is 5.91 Å². The number of carbonyl (C=O) groups is 2. The number of rotatable bonds is 3. The van der Waals surface area contributed by atoms with Crippen LogP contribution in [0.4, 0.5) is 0 Å². The van der Waals surface area contributed by atoms with E-state index in [0.717, 1.165) is 12.2 Å². The number of hydrogen-bond acceptors (Lipinski definition) is 3. The minimum Gasteiger partial charge on any atom is -0.478 e. The van der Waals surface area contributed by atoms with Gasteiger partial charge in [-0.25, -0.2) is 4.79 Å². The molecule has 2 N–H and O–H groups in total. The maximum absolute atomic E-state index is 11.5. The van der Waals surface area contributed by atoms with Crippen molar-refractivity contribution in [2.24, 2.45) is 11.8 Å². The zero-order chi connectivity index (χ0) is 11.4. The Hall–Kier alpha value is -1.36. The first-order valence-corrected chi connectivity index (χ1v) is 4.85. The maximum Gasteiger partial charge on any atom is 0.328 e. The molecular formula is C10H15NO4. The van der Waals surface area contributed by atoms with E-state index in [-0.39, 0.29) is 24.3 Å². The third-order valence-corrected chi connectivity index (χ3v) is 2.68. The number of aliphatic hydroxyl groups excluding tert-OH is 1. The van der Waals surface area contributed by atoms with Gasteiger partial charge in [-0.1, -0.05) is 6.92 Å². The molecular weight excluding hydrogens is 198 g/mol. The largest absolute Gasteiger partial charge is 0.478 e. The molecule has 84 valence electrons. The molecule has 0 spiro atoms. The standard InChI is InChI=1S/C10H15NO4/c1-7-4-11(5-8(7)6-12)9(13)2-3-10(14)15/h2-3,7-8,12H,4-6H2,1H3,(H,14,15)/b3-2+/t7-,8+/m0/s1. The minimum absolute atomic E-state index is 0.0631. The van der Waals surface area contributed by atoms with Crippen LogP contribution in [0.5, 0.6) is 0 Å². The van der Waals surface area contributed by atoms with Gasteiger partial charge in [0.1, 0.15) is 0 Å². The summed E-state index contributed by atoms with van der Waals surface area (Å²) in [5, 5.41) is 17.4. The summed E-state index contributed by atoms with van der Waals surface area (Å²) in [5.41, 5.74) is 0. The second kappa shape index (κ2) is 4.93.